The molecule has 1 unspecified atom stereocenters. The predicted octanol–water partition coefficient (Wildman–Crippen LogP) is 3.82. The monoisotopic (exact) mass is 373 g/mol. The van der Waals surface area contributed by atoms with E-state index in [1.807, 2.05) is 37.3 Å². The first-order valence-corrected chi connectivity index (χ1v) is 9.44. The first-order valence-electron chi connectivity index (χ1n) is 9.44. The number of nitrogens with zero attached hydrogens (tertiary/aromatic N) is 2. The maximum absolute atomic E-state index is 13.3. The van der Waals surface area contributed by atoms with Crippen LogP contribution in [0.4, 0.5) is 5.82 Å². The van der Waals surface area contributed by atoms with E-state index in [2.05, 4.69) is 30.2 Å². The molecular formula is C23H23N3O2. The number of aromatic nitrogens is 1. The van der Waals surface area contributed by atoms with Gasteiger partial charge in [0.1, 0.15) is 11.9 Å². The summed E-state index contributed by atoms with van der Waals surface area (Å²) in [6, 6.07) is 12.0. The molecule has 0 radical (unpaired) electrons. The van der Waals surface area contributed by atoms with E-state index in [4.69, 9.17) is 0 Å². The summed E-state index contributed by atoms with van der Waals surface area (Å²) in [5.41, 5.74) is 3.10. The SMILES string of the molecule is CC1(C)CC(=O)C2=C(C1)Nc1ncc(CO)c(C#N)c1C2(C)c1ccccc1. The van der Waals surface area contributed by atoms with Crippen LogP contribution in [0.15, 0.2) is 47.8 Å². The highest BCUT2D eigenvalue weighted by Crippen LogP contribution is 2.53. The fraction of sp³-hybridized carbons (Fsp3) is 0.348. The lowest BCUT2D eigenvalue weighted by molar-refractivity contribution is -0.118. The van der Waals surface area contributed by atoms with Gasteiger partial charge in [0.15, 0.2) is 5.78 Å². The molecule has 142 valence electrons. The van der Waals surface area contributed by atoms with Gasteiger partial charge in [0.05, 0.1) is 17.6 Å². The van der Waals surface area contributed by atoms with Crippen molar-refractivity contribution in [2.45, 2.75) is 45.6 Å². The van der Waals surface area contributed by atoms with Crippen LogP contribution in [0.3, 0.4) is 0 Å². The molecule has 1 atom stereocenters. The lowest BCUT2D eigenvalue weighted by Gasteiger charge is -2.45. The first-order chi connectivity index (χ1) is 13.3. The van der Waals surface area contributed by atoms with Crippen molar-refractivity contribution in [2.75, 3.05) is 5.32 Å². The average molecular weight is 373 g/mol. The van der Waals surface area contributed by atoms with Crippen molar-refractivity contribution in [1.29, 1.82) is 5.26 Å². The third-order valence-corrected chi connectivity index (χ3v) is 5.94. The second-order valence-electron chi connectivity index (χ2n) is 8.56. The summed E-state index contributed by atoms with van der Waals surface area (Å²) in [5.74, 6) is 0.679. The predicted molar refractivity (Wildman–Crippen MR) is 106 cm³/mol. The maximum atomic E-state index is 13.3. The molecule has 2 aliphatic rings. The maximum Gasteiger partial charge on any atom is 0.162 e. The Hall–Kier alpha value is -2.97. The normalized spacial score (nSPS) is 22.8. The van der Waals surface area contributed by atoms with Crippen molar-refractivity contribution >= 4 is 11.6 Å². The number of nitrogens with one attached hydrogen (secondary N) is 1. The zero-order valence-electron chi connectivity index (χ0n) is 16.3. The molecule has 5 nitrogen and oxygen atoms in total. The van der Waals surface area contributed by atoms with Crippen molar-refractivity contribution in [3.05, 3.63) is 70.1 Å². The van der Waals surface area contributed by atoms with Gasteiger partial charge in [-0.1, -0.05) is 44.2 Å². The molecule has 0 amide bonds. The van der Waals surface area contributed by atoms with Crippen molar-refractivity contribution in [1.82, 2.24) is 4.98 Å². The number of hydrogen-bond donors (Lipinski definition) is 2. The minimum absolute atomic E-state index is 0.0917. The highest BCUT2D eigenvalue weighted by molar-refractivity contribution is 6.03. The smallest absolute Gasteiger partial charge is 0.162 e. The number of carbonyl (C=O) groups is 1. The number of allylic oxidation sites excluding steroid dienone is 2. The number of aliphatic hydroxyl groups is 1. The molecule has 4 rings (SSSR count). The molecule has 2 heterocycles. The molecule has 1 aliphatic carbocycles. The molecule has 1 aromatic carbocycles. The van der Waals surface area contributed by atoms with E-state index >= 15 is 0 Å². The molecule has 0 saturated heterocycles. The Balaban J connectivity index is 2.09. The quantitative estimate of drug-likeness (QED) is 0.836. The second-order valence-corrected chi connectivity index (χ2v) is 8.56. The van der Waals surface area contributed by atoms with Crippen LogP contribution in [0.1, 0.15) is 55.9 Å². The molecule has 0 fully saturated rings. The summed E-state index contributed by atoms with van der Waals surface area (Å²) in [6.07, 6.45) is 2.73. The lowest BCUT2D eigenvalue weighted by Crippen LogP contribution is -2.43. The van der Waals surface area contributed by atoms with Crippen LogP contribution in [-0.2, 0) is 16.8 Å². The Labute approximate surface area is 164 Å². The van der Waals surface area contributed by atoms with E-state index in [1.165, 1.54) is 6.20 Å². The Bertz CT molecular complexity index is 1050. The number of Topliss-reactive ketones (excluding diaryl/α,β-unsaturated/α-hetero) is 1. The summed E-state index contributed by atoms with van der Waals surface area (Å²) in [4.78, 5) is 17.9. The fourth-order valence-electron chi connectivity index (χ4n) is 4.72. The van der Waals surface area contributed by atoms with Crippen LogP contribution >= 0.6 is 0 Å². The number of pyridine rings is 1. The van der Waals surface area contributed by atoms with Gasteiger partial charge in [0.2, 0.25) is 0 Å². The second kappa shape index (κ2) is 6.29. The van der Waals surface area contributed by atoms with Gasteiger partial charge in [-0.3, -0.25) is 4.79 Å². The standard InChI is InChI=1S/C23H23N3O2/c1-22(2)9-17-20(18(28)10-22)23(3,15-7-5-4-6-8-15)19-16(11-24)14(13-27)12-25-21(19)26-17/h4-8,12,27H,9-10,13H2,1-3H3,(H,25,26). The van der Waals surface area contributed by atoms with Crippen molar-refractivity contribution in [3.63, 3.8) is 0 Å². The van der Waals surface area contributed by atoms with Gasteiger partial charge in [-0.25, -0.2) is 4.98 Å². The van der Waals surface area contributed by atoms with Crippen LogP contribution in [-0.4, -0.2) is 15.9 Å². The van der Waals surface area contributed by atoms with Gasteiger partial charge in [-0.15, -0.1) is 0 Å². The molecule has 0 spiro atoms. The van der Waals surface area contributed by atoms with Gasteiger partial charge in [-0.05, 0) is 24.3 Å². The van der Waals surface area contributed by atoms with E-state index in [-0.39, 0.29) is 17.8 Å². The summed E-state index contributed by atoms with van der Waals surface area (Å²) < 4.78 is 0. The number of carbonyl (C=O) groups excluding carboxylic acids is 1. The largest absolute Gasteiger partial charge is 0.392 e. The molecule has 2 aromatic rings. The van der Waals surface area contributed by atoms with Crippen LogP contribution in [0, 0.1) is 16.7 Å². The van der Waals surface area contributed by atoms with Crippen molar-refractivity contribution in [2.24, 2.45) is 5.41 Å². The van der Waals surface area contributed by atoms with E-state index in [1.54, 1.807) is 0 Å². The first kappa shape index (κ1) is 18.4. The topological polar surface area (TPSA) is 86.0 Å². The molecular weight excluding hydrogens is 350 g/mol. The van der Waals surface area contributed by atoms with Gasteiger partial charge in [0, 0.05) is 35.0 Å². The summed E-state index contributed by atoms with van der Waals surface area (Å²) >= 11 is 0. The average Bonchev–Trinajstić information content (AvgIpc) is 2.66. The lowest BCUT2D eigenvalue weighted by atomic mass is 9.61. The number of ketones is 1. The van der Waals surface area contributed by atoms with Crippen molar-refractivity contribution < 1.29 is 9.90 Å². The van der Waals surface area contributed by atoms with E-state index < -0.39 is 5.41 Å². The number of nitriles is 1. The number of rotatable bonds is 2. The van der Waals surface area contributed by atoms with Gasteiger partial charge >= 0.3 is 0 Å². The molecule has 0 saturated carbocycles. The van der Waals surface area contributed by atoms with E-state index in [9.17, 15) is 15.2 Å². The summed E-state index contributed by atoms with van der Waals surface area (Å²) in [6.45, 7) is 5.90. The zero-order valence-corrected chi connectivity index (χ0v) is 16.3. The third-order valence-electron chi connectivity index (χ3n) is 5.94. The van der Waals surface area contributed by atoms with Crippen LogP contribution < -0.4 is 5.32 Å². The molecule has 1 aliphatic heterocycles. The highest BCUT2D eigenvalue weighted by Gasteiger charge is 2.49. The molecule has 5 heteroatoms. The Morgan fingerprint density at radius 1 is 1.21 bits per heavy atom. The fourth-order valence-corrected chi connectivity index (χ4v) is 4.72. The van der Waals surface area contributed by atoms with Gasteiger partial charge < -0.3 is 10.4 Å². The Kier molecular flexibility index (Phi) is 4.13. The van der Waals surface area contributed by atoms with Crippen LogP contribution in [0.5, 0.6) is 0 Å². The minimum atomic E-state index is -0.812. The minimum Gasteiger partial charge on any atom is -0.392 e. The molecule has 1 aromatic heterocycles. The zero-order chi connectivity index (χ0) is 20.1. The van der Waals surface area contributed by atoms with Crippen LogP contribution in [0.25, 0.3) is 0 Å². The Morgan fingerprint density at radius 2 is 1.93 bits per heavy atom. The summed E-state index contributed by atoms with van der Waals surface area (Å²) in [7, 11) is 0. The highest BCUT2D eigenvalue weighted by atomic mass is 16.3. The Morgan fingerprint density at radius 3 is 2.57 bits per heavy atom. The number of fused-ring (bicyclic) bond motifs is 1. The van der Waals surface area contributed by atoms with Crippen molar-refractivity contribution in [3.8, 4) is 6.07 Å². The number of hydrogen-bond acceptors (Lipinski definition) is 5. The van der Waals surface area contributed by atoms with E-state index in [0.29, 0.717) is 34.5 Å². The number of benzene rings is 1. The third kappa shape index (κ3) is 2.56. The molecule has 28 heavy (non-hydrogen) atoms. The molecule has 0 bridgehead atoms. The molecule has 2 N–H and O–H groups in total. The van der Waals surface area contributed by atoms with Gasteiger partial charge in [-0.2, -0.15) is 5.26 Å². The van der Waals surface area contributed by atoms with Crippen LogP contribution in [0.2, 0.25) is 0 Å². The number of anilines is 1. The van der Waals surface area contributed by atoms with E-state index in [0.717, 1.165) is 17.7 Å². The van der Waals surface area contributed by atoms with Gasteiger partial charge in [0.25, 0.3) is 0 Å². The number of aliphatic hydroxyl groups excluding tert-OH is 1. The summed E-state index contributed by atoms with van der Waals surface area (Å²) in [5, 5.41) is 23.0.